The number of amides is 2. The van der Waals surface area contributed by atoms with Gasteiger partial charge in [-0.3, -0.25) is 9.59 Å². The maximum Gasteiger partial charge on any atom is 0.265 e. The van der Waals surface area contributed by atoms with E-state index in [0.29, 0.717) is 27.9 Å². The fraction of sp³-hybridized carbons (Fsp3) is 0.176. The molecule has 0 aromatic heterocycles. The molecule has 0 fully saturated rings. The number of carbonyl (C=O) groups is 2. The molecule has 1 aliphatic heterocycles. The first-order valence-corrected chi connectivity index (χ1v) is 7.69. The third-order valence-corrected chi connectivity index (χ3v) is 3.60. The molecule has 3 rings (SSSR count). The van der Waals surface area contributed by atoms with Gasteiger partial charge in [0, 0.05) is 10.7 Å². The summed E-state index contributed by atoms with van der Waals surface area (Å²) in [5.41, 5.74) is 1.05. The summed E-state index contributed by atoms with van der Waals surface area (Å²) >= 11 is 5.85. The number of hydrogen-bond donors (Lipinski definition) is 2. The Morgan fingerprint density at radius 2 is 2.17 bits per heavy atom. The molecule has 2 amide bonds. The highest BCUT2D eigenvalue weighted by Gasteiger charge is 2.23. The van der Waals surface area contributed by atoms with Crippen LogP contribution in [0.2, 0.25) is 5.02 Å². The molecule has 124 valence electrons. The SMILES string of the molecule is CC1Oc2ccc(NC(=O)COc3cccc(Cl)c3)cc2NC1=O. The molecule has 1 atom stereocenters. The molecule has 0 spiro atoms. The number of halogens is 1. The van der Waals surface area contributed by atoms with Crippen molar-refractivity contribution in [2.75, 3.05) is 17.2 Å². The van der Waals surface area contributed by atoms with E-state index in [9.17, 15) is 9.59 Å². The van der Waals surface area contributed by atoms with Gasteiger partial charge in [-0.15, -0.1) is 0 Å². The standard InChI is InChI=1S/C17H15ClN2O4/c1-10-17(22)20-14-8-12(5-6-15(14)24-10)19-16(21)9-23-13-4-2-3-11(18)7-13/h2-8,10H,9H2,1H3,(H,19,21)(H,20,22). The first-order chi connectivity index (χ1) is 11.5. The number of ether oxygens (including phenoxy) is 2. The lowest BCUT2D eigenvalue weighted by atomic mass is 10.2. The first kappa shape index (κ1) is 16.1. The molecule has 1 heterocycles. The Bertz CT molecular complexity index is 794. The summed E-state index contributed by atoms with van der Waals surface area (Å²) in [5, 5.41) is 5.96. The molecule has 0 radical (unpaired) electrons. The lowest BCUT2D eigenvalue weighted by molar-refractivity contribution is -0.122. The van der Waals surface area contributed by atoms with Gasteiger partial charge >= 0.3 is 0 Å². The lowest BCUT2D eigenvalue weighted by Crippen LogP contribution is -2.34. The van der Waals surface area contributed by atoms with Gasteiger partial charge in [-0.1, -0.05) is 17.7 Å². The van der Waals surface area contributed by atoms with Gasteiger partial charge in [-0.25, -0.2) is 0 Å². The van der Waals surface area contributed by atoms with E-state index in [1.165, 1.54) is 0 Å². The van der Waals surface area contributed by atoms with Crippen LogP contribution in [0.4, 0.5) is 11.4 Å². The molecule has 2 aromatic carbocycles. The van der Waals surface area contributed by atoms with E-state index in [2.05, 4.69) is 10.6 Å². The minimum atomic E-state index is -0.538. The maximum atomic E-state index is 12.0. The molecule has 1 aliphatic rings. The molecule has 24 heavy (non-hydrogen) atoms. The van der Waals surface area contributed by atoms with Crippen molar-refractivity contribution in [2.24, 2.45) is 0 Å². The number of benzene rings is 2. The van der Waals surface area contributed by atoms with Gasteiger partial charge < -0.3 is 20.1 Å². The zero-order valence-electron chi connectivity index (χ0n) is 12.8. The van der Waals surface area contributed by atoms with Crippen LogP contribution in [0.1, 0.15) is 6.92 Å². The Hall–Kier alpha value is -2.73. The highest BCUT2D eigenvalue weighted by molar-refractivity contribution is 6.30. The van der Waals surface area contributed by atoms with Crippen molar-refractivity contribution in [2.45, 2.75) is 13.0 Å². The fourth-order valence-electron chi connectivity index (χ4n) is 2.19. The Kier molecular flexibility index (Phi) is 4.57. The summed E-state index contributed by atoms with van der Waals surface area (Å²) in [5.74, 6) is 0.523. The van der Waals surface area contributed by atoms with Crippen LogP contribution in [0.3, 0.4) is 0 Å². The Morgan fingerprint density at radius 3 is 2.96 bits per heavy atom. The van der Waals surface area contributed by atoms with E-state index in [4.69, 9.17) is 21.1 Å². The van der Waals surface area contributed by atoms with Crippen molar-refractivity contribution >= 4 is 34.8 Å². The summed E-state index contributed by atoms with van der Waals surface area (Å²) in [6.07, 6.45) is -0.538. The van der Waals surface area contributed by atoms with E-state index in [-0.39, 0.29) is 18.4 Å². The zero-order valence-corrected chi connectivity index (χ0v) is 13.6. The summed E-state index contributed by atoms with van der Waals surface area (Å²) in [7, 11) is 0. The van der Waals surface area contributed by atoms with Crippen LogP contribution in [-0.4, -0.2) is 24.5 Å². The van der Waals surface area contributed by atoms with Crippen LogP contribution in [0.5, 0.6) is 11.5 Å². The monoisotopic (exact) mass is 346 g/mol. The van der Waals surface area contributed by atoms with E-state index in [1.54, 1.807) is 49.4 Å². The molecular formula is C17H15ClN2O4. The number of hydrogen-bond acceptors (Lipinski definition) is 4. The van der Waals surface area contributed by atoms with E-state index < -0.39 is 6.10 Å². The quantitative estimate of drug-likeness (QED) is 0.892. The zero-order chi connectivity index (χ0) is 17.1. The summed E-state index contributed by atoms with van der Waals surface area (Å²) in [4.78, 5) is 23.6. The van der Waals surface area contributed by atoms with Gasteiger partial charge in [0.25, 0.3) is 11.8 Å². The van der Waals surface area contributed by atoms with Crippen LogP contribution in [-0.2, 0) is 9.59 Å². The number of rotatable bonds is 4. The maximum absolute atomic E-state index is 12.0. The van der Waals surface area contributed by atoms with Gasteiger partial charge in [0.15, 0.2) is 12.7 Å². The number of anilines is 2. The predicted octanol–water partition coefficient (Wildman–Crippen LogP) is 3.08. The second-order valence-corrected chi connectivity index (χ2v) is 5.69. The van der Waals surface area contributed by atoms with Crippen LogP contribution in [0.15, 0.2) is 42.5 Å². The number of nitrogens with one attached hydrogen (secondary N) is 2. The van der Waals surface area contributed by atoms with Crippen LogP contribution < -0.4 is 20.1 Å². The van der Waals surface area contributed by atoms with Crippen molar-refractivity contribution in [3.63, 3.8) is 0 Å². The van der Waals surface area contributed by atoms with Gasteiger partial charge in [0.1, 0.15) is 11.5 Å². The molecule has 2 aromatic rings. The third kappa shape index (κ3) is 3.78. The normalized spacial score (nSPS) is 15.8. The molecule has 0 bridgehead atoms. The topological polar surface area (TPSA) is 76.7 Å². The number of carbonyl (C=O) groups excluding carboxylic acids is 2. The minimum Gasteiger partial charge on any atom is -0.484 e. The van der Waals surface area contributed by atoms with E-state index in [1.807, 2.05) is 0 Å². The largest absolute Gasteiger partial charge is 0.484 e. The minimum absolute atomic E-state index is 0.155. The van der Waals surface area contributed by atoms with Crippen molar-refractivity contribution in [3.05, 3.63) is 47.5 Å². The first-order valence-electron chi connectivity index (χ1n) is 7.31. The Labute approximate surface area is 143 Å². The van der Waals surface area contributed by atoms with Crippen LogP contribution in [0, 0.1) is 0 Å². The fourth-order valence-corrected chi connectivity index (χ4v) is 2.37. The summed E-state index contributed by atoms with van der Waals surface area (Å²) in [6, 6.07) is 11.8. The third-order valence-electron chi connectivity index (χ3n) is 3.36. The Morgan fingerprint density at radius 1 is 1.33 bits per heavy atom. The van der Waals surface area contributed by atoms with Gasteiger partial charge in [-0.05, 0) is 43.3 Å². The van der Waals surface area contributed by atoms with Crippen LogP contribution in [0.25, 0.3) is 0 Å². The van der Waals surface area contributed by atoms with Crippen LogP contribution >= 0.6 is 11.6 Å². The average Bonchev–Trinajstić information content (AvgIpc) is 2.54. The highest BCUT2D eigenvalue weighted by atomic mass is 35.5. The van der Waals surface area contributed by atoms with Gasteiger partial charge in [0.05, 0.1) is 5.69 Å². The van der Waals surface area contributed by atoms with E-state index in [0.717, 1.165) is 0 Å². The molecular weight excluding hydrogens is 332 g/mol. The Balaban J connectivity index is 1.61. The number of fused-ring (bicyclic) bond motifs is 1. The van der Waals surface area contributed by atoms with Crippen molar-refractivity contribution in [1.82, 2.24) is 0 Å². The van der Waals surface area contributed by atoms with Gasteiger partial charge in [-0.2, -0.15) is 0 Å². The van der Waals surface area contributed by atoms with Crippen molar-refractivity contribution in [3.8, 4) is 11.5 Å². The summed E-state index contributed by atoms with van der Waals surface area (Å²) < 4.78 is 10.8. The average molecular weight is 347 g/mol. The van der Waals surface area contributed by atoms with E-state index >= 15 is 0 Å². The molecule has 6 nitrogen and oxygen atoms in total. The molecule has 1 unspecified atom stereocenters. The second-order valence-electron chi connectivity index (χ2n) is 5.25. The summed E-state index contributed by atoms with van der Waals surface area (Å²) in [6.45, 7) is 1.51. The molecule has 7 heteroatoms. The molecule has 2 N–H and O–H groups in total. The predicted molar refractivity (Wildman–Crippen MR) is 90.7 cm³/mol. The van der Waals surface area contributed by atoms with Gasteiger partial charge in [0.2, 0.25) is 0 Å². The van der Waals surface area contributed by atoms with Crippen molar-refractivity contribution in [1.29, 1.82) is 0 Å². The highest BCUT2D eigenvalue weighted by Crippen LogP contribution is 2.32. The molecule has 0 aliphatic carbocycles. The second kappa shape index (κ2) is 6.80. The smallest absolute Gasteiger partial charge is 0.265 e. The lowest BCUT2D eigenvalue weighted by Gasteiger charge is -2.23. The molecule has 0 saturated carbocycles. The van der Waals surface area contributed by atoms with Crippen molar-refractivity contribution < 1.29 is 19.1 Å². The molecule has 0 saturated heterocycles.